The Morgan fingerprint density at radius 1 is 1.10 bits per heavy atom. The van der Waals surface area contributed by atoms with Gasteiger partial charge >= 0.3 is 7.32 Å². The molecule has 4 bridgehead atoms. The molecule has 4 rings (SSSR count). The zero-order valence-corrected chi connectivity index (χ0v) is 11.4. The van der Waals surface area contributed by atoms with Crippen molar-refractivity contribution >= 4 is 12.9 Å². The average molecular weight is 268 g/mol. The molecular formula is C16H17BO3. The monoisotopic (exact) mass is 268 g/mol. The number of hydrogen-bond donors (Lipinski definition) is 3. The Bertz CT molecular complexity index is 637. The normalized spacial score (nSPS) is 23.5. The zero-order valence-electron chi connectivity index (χ0n) is 11.4. The summed E-state index contributed by atoms with van der Waals surface area (Å²) in [5.41, 5.74) is 7.87. The van der Waals surface area contributed by atoms with Gasteiger partial charge in [-0.1, -0.05) is 55.8 Å². The van der Waals surface area contributed by atoms with Gasteiger partial charge in [-0.3, -0.25) is 0 Å². The van der Waals surface area contributed by atoms with Gasteiger partial charge < -0.3 is 15.1 Å². The Kier molecular flexibility index (Phi) is 3.17. The first-order chi connectivity index (χ1) is 9.61. The van der Waals surface area contributed by atoms with E-state index in [2.05, 4.69) is 49.4 Å². The minimum atomic E-state index is -2.17. The van der Waals surface area contributed by atoms with Gasteiger partial charge in [0.25, 0.3) is 0 Å². The summed E-state index contributed by atoms with van der Waals surface area (Å²) in [5, 5.41) is 21.5. The molecule has 0 saturated carbocycles. The van der Waals surface area contributed by atoms with Crippen LogP contribution in [0.1, 0.15) is 30.9 Å². The minimum absolute atomic E-state index is 0.287. The minimum Gasteiger partial charge on any atom is -0.402 e. The highest BCUT2D eigenvalue weighted by Gasteiger charge is 2.53. The molecule has 1 unspecified atom stereocenters. The zero-order chi connectivity index (χ0) is 14.3. The standard InChI is InChI=1S/C16H14.BH3O3/c1-2-9-16-11-7-8-13(15(16)10-11)12-5-3-4-6-14(12)16;2-1(3)4/h3-8,10H,2,9H2,1H3;2-4H. The predicted octanol–water partition coefficient (Wildman–Crippen LogP) is 1.95. The maximum atomic E-state index is 7.17. The summed E-state index contributed by atoms with van der Waals surface area (Å²) in [6.45, 7) is 2.29. The maximum absolute atomic E-state index is 7.17. The maximum Gasteiger partial charge on any atom is 0.631 e. The van der Waals surface area contributed by atoms with Gasteiger partial charge in [0.1, 0.15) is 0 Å². The van der Waals surface area contributed by atoms with Crippen molar-refractivity contribution in [2.24, 2.45) is 0 Å². The highest BCUT2D eigenvalue weighted by Crippen LogP contribution is 2.64. The third-order valence-electron chi connectivity index (χ3n) is 4.27. The van der Waals surface area contributed by atoms with Crippen LogP contribution in [0.2, 0.25) is 0 Å². The second-order valence-electron chi connectivity index (χ2n) is 5.31. The molecule has 0 heterocycles. The fourth-order valence-corrected chi connectivity index (χ4v) is 3.65. The van der Waals surface area contributed by atoms with Crippen LogP contribution >= 0.6 is 0 Å². The van der Waals surface area contributed by atoms with E-state index in [1.165, 1.54) is 29.6 Å². The topological polar surface area (TPSA) is 60.7 Å². The van der Waals surface area contributed by atoms with Crippen molar-refractivity contribution in [1.82, 2.24) is 0 Å². The molecule has 102 valence electrons. The van der Waals surface area contributed by atoms with Crippen molar-refractivity contribution in [3.05, 3.63) is 64.8 Å². The molecule has 3 nitrogen and oxygen atoms in total. The first kappa shape index (κ1) is 13.4. The van der Waals surface area contributed by atoms with E-state index in [0.717, 1.165) is 0 Å². The molecule has 1 atom stereocenters. The van der Waals surface area contributed by atoms with Crippen LogP contribution in [0.25, 0.3) is 5.57 Å². The molecule has 4 heteroatoms. The van der Waals surface area contributed by atoms with Crippen LogP contribution in [0.15, 0.2) is 53.6 Å². The summed E-state index contributed by atoms with van der Waals surface area (Å²) in [7, 11) is -2.17. The molecule has 0 aliphatic heterocycles. The number of rotatable bonds is 2. The van der Waals surface area contributed by atoms with E-state index >= 15 is 0 Å². The number of hydrogen-bond acceptors (Lipinski definition) is 3. The summed E-state index contributed by atoms with van der Waals surface area (Å²) >= 11 is 0. The van der Waals surface area contributed by atoms with E-state index in [0.29, 0.717) is 0 Å². The van der Waals surface area contributed by atoms with Gasteiger partial charge in [-0.15, -0.1) is 0 Å². The predicted molar refractivity (Wildman–Crippen MR) is 79.6 cm³/mol. The Morgan fingerprint density at radius 3 is 2.45 bits per heavy atom. The molecule has 3 aliphatic rings. The van der Waals surface area contributed by atoms with Gasteiger partial charge in [-0.2, -0.15) is 0 Å². The molecule has 0 spiro atoms. The lowest BCUT2D eigenvalue weighted by Crippen LogP contribution is -2.35. The van der Waals surface area contributed by atoms with Crippen LogP contribution in [0.5, 0.6) is 0 Å². The van der Waals surface area contributed by atoms with Crippen molar-refractivity contribution in [2.45, 2.75) is 25.2 Å². The molecule has 1 aromatic carbocycles. The molecule has 0 saturated heterocycles. The number of benzene rings is 1. The summed E-state index contributed by atoms with van der Waals surface area (Å²) in [6, 6.07) is 8.92. The van der Waals surface area contributed by atoms with E-state index in [-0.39, 0.29) is 5.41 Å². The van der Waals surface area contributed by atoms with Crippen molar-refractivity contribution < 1.29 is 15.1 Å². The van der Waals surface area contributed by atoms with E-state index < -0.39 is 7.32 Å². The van der Waals surface area contributed by atoms with Crippen LogP contribution in [0.4, 0.5) is 0 Å². The summed E-state index contributed by atoms with van der Waals surface area (Å²) < 4.78 is 0. The largest absolute Gasteiger partial charge is 0.631 e. The average Bonchev–Trinajstić information content (AvgIpc) is 2.56. The fraction of sp³-hybridized carbons (Fsp3) is 0.250. The number of fused-ring (bicyclic) bond motifs is 2. The van der Waals surface area contributed by atoms with Crippen LogP contribution in [0, 0.1) is 0 Å². The second-order valence-corrected chi connectivity index (χ2v) is 5.31. The van der Waals surface area contributed by atoms with Gasteiger partial charge in [0.05, 0.1) is 0 Å². The van der Waals surface area contributed by atoms with Crippen LogP contribution in [-0.2, 0) is 5.41 Å². The quantitative estimate of drug-likeness (QED) is 0.718. The third-order valence-corrected chi connectivity index (χ3v) is 4.27. The Morgan fingerprint density at radius 2 is 1.80 bits per heavy atom. The smallest absolute Gasteiger partial charge is 0.402 e. The van der Waals surface area contributed by atoms with Crippen LogP contribution in [-0.4, -0.2) is 22.4 Å². The molecular weight excluding hydrogens is 251 g/mol. The van der Waals surface area contributed by atoms with Crippen LogP contribution < -0.4 is 0 Å². The lowest BCUT2D eigenvalue weighted by molar-refractivity contribution is 0.278. The SMILES string of the molecule is CCCC12c3ccc(c1c3)-c1ccccc12.OB(O)O. The highest BCUT2D eigenvalue weighted by atomic mass is 16.5. The summed E-state index contributed by atoms with van der Waals surface area (Å²) in [5.74, 6) is 0. The van der Waals surface area contributed by atoms with Gasteiger partial charge in [0.2, 0.25) is 0 Å². The summed E-state index contributed by atoms with van der Waals surface area (Å²) in [4.78, 5) is 0. The lowest BCUT2D eigenvalue weighted by atomic mass is 9.60. The molecule has 0 radical (unpaired) electrons. The van der Waals surface area contributed by atoms with Gasteiger partial charge in [0.15, 0.2) is 0 Å². The first-order valence-corrected chi connectivity index (χ1v) is 6.90. The Balaban J connectivity index is 0.000000272. The molecule has 1 aromatic rings. The van der Waals surface area contributed by atoms with E-state index in [4.69, 9.17) is 15.1 Å². The first-order valence-electron chi connectivity index (χ1n) is 6.90. The molecule has 0 fully saturated rings. The Hall–Kier alpha value is -1.62. The van der Waals surface area contributed by atoms with Crippen molar-refractivity contribution in [3.8, 4) is 0 Å². The highest BCUT2D eigenvalue weighted by molar-refractivity contribution is 6.30. The van der Waals surface area contributed by atoms with E-state index in [1.807, 2.05) is 0 Å². The van der Waals surface area contributed by atoms with Gasteiger partial charge in [0, 0.05) is 5.41 Å². The van der Waals surface area contributed by atoms with Crippen molar-refractivity contribution in [1.29, 1.82) is 0 Å². The third kappa shape index (κ3) is 1.66. The fourth-order valence-electron chi connectivity index (χ4n) is 3.65. The number of allylic oxidation sites excluding steroid dienone is 6. The molecule has 3 N–H and O–H groups in total. The second kappa shape index (κ2) is 4.74. The summed E-state index contributed by atoms with van der Waals surface area (Å²) in [6.07, 6.45) is 9.50. The molecule has 0 aromatic heterocycles. The van der Waals surface area contributed by atoms with Gasteiger partial charge in [-0.25, -0.2) is 0 Å². The van der Waals surface area contributed by atoms with Crippen molar-refractivity contribution in [3.63, 3.8) is 0 Å². The van der Waals surface area contributed by atoms with Gasteiger partial charge in [-0.05, 0) is 34.3 Å². The van der Waals surface area contributed by atoms with E-state index in [1.54, 1.807) is 11.1 Å². The lowest BCUT2D eigenvalue weighted by Gasteiger charge is -2.43. The van der Waals surface area contributed by atoms with Crippen molar-refractivity contribution in [2.75, 3.05) is 0 Å². The van der Waals surface area contributed by atoms with E-state index in [9.17, 15) is 0 Å². The Labute approximate surface area is 118 Å². The van der Waals surface area contributed by atoms with Crippen LogP contribution in [0.3, 0.4) is 0 Å². The molecule has 20 heavy (non-hydrogen) atoms. The molecule has 0 amide bonds. The molecule has 3 aliphatic carbocycles.